The Labute approximate surface area is 155 Å². The normalized spacial score (nSPS) is 25.0. The van der Waals surface area contributed by atoms with Crippen LogP contribution in [0.3, 0.4) is 0 Å². The summed E-state index contributed by atoms with van der Waals surface area (Å²) < 4.78 is 5.68. The molecule has 0 spiro atoms. The maximum Gasteiger partial charge on any atom is 0.410 e. The number of amides is 1. The molecule has 3 fully saturated rings. The Hall–Kier alpha value is -2.10. The van der Waals surface area contributed by atoms with Crippen LogP contribution in [0.25, 0.3) is 10.9 Å². The van der Waals surface area contributed by atoms with E-state index < -0.39 is 5.60 Å². The van der Waals surface area contributed by atoms with Crippen molar-refractivity contribution in [2.24, 2.45) is 5.92 Å². The maximum atomic E-state index is 12.7. The van der Waals surface area contributed by atoms with E-state index in [4.69, 9.17) is 9.72 Å². The summed E-state index contributed by atoms with van der Waals surface area (Å²) in [5.74, 6) is 0.785. The number of carbonyl (C=O) groups excluding carboxylic acids is 1. The minimum atomic E-state index is -0.442. The molecular formula is C22H28N2O2. The third-order valence-corrected chi connectivity index (χ3v) is 5.60. The highest BCUT2D eigenvalue weighted by Gasteiger charge is 2.47. The first-order valence-electron chi connectivity index (χ1n) is 9.75. The fourth-order valence-electron chi connectivity index (χ4n) is 4.35. The average Bonchev–Trinajstić information content (AvgIpc) is 2.57. The summed E-state index contributed by atoms with van der Waals surface area (Å²) >= 11 is 0. The van der Waals surface area contributed by atoms with Crippen molar-refractivity contribution >= 4 is 17.0 Å². The molecule has 2 saturated heterocycles. The summed E-state index contributed by atoms with van der Waals surface area (Å²) in [5.41, 5.74) is 1.70. The zero-order chi connectivity index (χ0) is 18.3. The molecule has 4 heteroatoms. The largest absolute Gasteiger partial charge is 0.444 e. The lowest BCUT2D eigenvalue weighted by atomic mass is 9.70. The van der Waals surface area contributed by atoms with Crippen LogP contribution in [0.15, 0.2) is 36.4 Å². The molecule has 1 amide bonds. The second-order valence-corrected chi connectivity index (χ2v) is 8.80. The third-order valence-electron chi connectivity index (χ3n) is 5.60. The van der Waals surface area contributed by atoms with Crippen LogP contribution < -0.4 is 0 Å². The van der Waals surface area contributed by atoms with Gasteiger partial charge in [-0.25, -0.2) is 4.79 Å². The SMILES string of the molecule is CC(C)(C)OC(=O)N1C(CCc2ccc3ccccc3n2)CC2CC1C2. The van der Waals surface area contributed by atoms with Gasteiger partial charge in [0.05, 0.1) is 5.52 Å². The summed E-state index contributed by atoms with van der Waals surface area (Å²) in [4.78, 5) is 19.6. The number of carbonyl (C=O) groups is 1. The zero-order valence-corrected chi connectivity index (χ0v) is 15.9. The Morgan fingerprint density at radius 2 is 1.92 bits per heavy atom. The van der Waals surface area contributed by atoms with E-state index in [9.17, 15) is 4.79 Å². The van der Waals surface area contributed by atoms with E-state index >= 15 is 0 Å². The van der Waals surface area contributed by atoms with Crippen LogP contribution >= 0.6 is 0 Å². The van der Waals surface area contributed by atoms with Gasteiger partial charge in [-0.05, 0) is 70.9 Å². The average molecular weight is 352 g/mol. The summed E-state index contributed by atoms with van der Waals surface area (Å²) in [6.45, 7) is 5.81. The number of hydrogen-bond donors (Lipinski definition) is 0. The molecule has 26 heavy (non-hydrogen) atoms. The van der Waals surface area contributed by atoms with Crippen molar-refractivity contribution in [1.29, 1.82) is 0 Å². The fraction of sp³-hybridized carbons (Fsp3) is 0.545. The maximum absolute atomic E-state index is 12.7. The summed E-state index contributed by atoms with van der Waals surface area (Å²) in [5, 5.41) is 1.17. The zero-order valence-electron chi connectivity index (χ0n) is 15.9. The van der Waals surface area contributed by atoms with Gasteiger partial charge in [-0.3, -0.25) is 4.98 Å². The van der Waals surface area contributed by atoms with E-state index in [-0.39, 0.29) is 12.1 Å². The second-order valence-electron chi connectivity index (χ2n) is 8.80. The fourth-order valence-corrected chi connectivity index (χ4v) is 4.35. The van der Waals surface area contributed by atoms with Gasteiger partial charge in [0.15, 0.2) is 0 Å². The molecule has 0 N–H and O–H groups in total. The molecule has 4 nitrogen and oxygen atoms in total. The van der Waals surface area contributed by atoms with Crippen LogP contribution in [0.4, 0.5) is 4.79 Å². The molecule has 138 valence electrons. The van der Waals surface area contributed by atoms with Gasteiger partial charge in [0.2, 0.25) is 0 Å². The Morgan fingerprint density at radius 1 is 1.15 bits per heavy atom. The molecule has 1 aromatic carbocycles. The Bertz CT molecular complexity index is 805. The first-order valence-corrected chi connectivity index (χ1v) is 9.75. The molecule has 1 unspecified atom stereocenters. The molecule has 2 aliphatic heterocycles. The highest BCUT2D eigenvalue weighted by atomic mass is 16.6. The summed E-state index contributed by atoms with van der Waals surface area (Å²) in [6.07, 6.45) is 5.10. The Balaban J connectivity index is 1.45. The number of para-hydroxylation sites is 1. The number of nitrogens with zero attached hydrogens (tertiary/aromatic N) is 2. The number of rotatable bonds is 3. The minimum Gasteiger partial charge on any atom is -0.444 e. The van der Waals surface area contributed by atoms with E-state index in [1.165, 1.54) is 5.39 Å². The van der Waals surface area contributed by atoms with Crippen molar-refractivity contribution in [2.75, 3.05) is 0 Å². The van der Waals surface area contributed by atoms with Crippen molar-refractivity contribution in [3.63, 3.8) is 0 Å². The minimum absolute atomic E-state index is 0.142. The van der Waals surface area contributed by atoms with E-state index in [0.717, 1.165) is 49.2 Å². The predicted octanol–water partition coefficient (Wildman–Crippen LogP) is 4.96. The van der Waals surface area contributed by atoms with Gasteiger partial charge in [-0.15, -0.1) is 0 Å². The van der Waals surface area contributed by atoms with Gasteiger partial charge in [-0.2, -0.15) is 0 Å². The monoisotopic (exact) mass is 352 g/mol. The smallest absolute Gasteiger partial charge is 0.410 e. The van der Waals surface area contributed by atoms with Gasteiger partial charge in [0.25, 0.3) is 0 Å². The lowest BCUT2D eigenvalue weighted by molar-refractivity contribution is -0.0533. The van der Waals surface area contributed by atoms with Crippen molar-refractivity contribution in [3.8, 4) is 0 Å². The quantitative estimate of drug-likeness (QED) is 0.784. The number of fused-ring (bicyclic) bond motifs is 3. The Morgan fingerprint density at radius 3 is 2.69 bits per heavy atom. The van der Waals surface area contributed by atoms with E-state index in [2.05, 4.69) is 24.3 Å². The standard InChI is InChI=1S/C22H28N2O2/c1-22(2,3)26-21(25)24-18(12-15-13-19(24)14-15)11-10-17-9-8-16-6-4-5-7-20(16)23-17/h4-9,15,18-19H,10-14H2,1-3H3. The van der Waals surface area contributed by atoms with Gasteiger partial charge < -0.3 is 9.64 Å². The van der Waals surface area contributed by atoms with Crippen LogP contribution in [0, 0.1) is 5.92 Å². The molecule has 2 aromatic rings. The number of aromatic nitrogens is 1. The molecular weight excluding hydrogens is 324 g/mol. The van der Waals surface area contributed by atoms with Gasteiger partial charge in [0, 0.05) is 23.2 Å². The molecule has 1 saturated carbocycles. The molecule has 0 radical (unpaired) electrons. The molecule has 1 aromatic heterocycles. The number of aryl methyl sites for hydroxylation is 1. The van der Waals surface area contributed by atoms with Gasteiger partial charge >= 0.3 is 6.09 Å². The molecule has 2 bridgehead atoms. The number of piperidine rings is 2. The second kappa shape index (κ2) is 6.57. The van der Waals surface area contributed by atoms with Crippen molar-refractivity contribution < 1.29 is 9.53 Å². The summed E-state index contributed by atoms with van der Waals surface area (Å²) in [7, 11) is 0. The third kappa shape index (κ3) is 3.55. The topological polar surface area (TPSA) is 42.4 Å². The number of hydrogen-bond acceptors (Lipinski definition) is 3. The molecule has 3 aliphatic rings. The van der Waals surface area contributed by atoms with E-state index in [1.54, 1.807) is 0 Å². The van der Waals surface area contributed by atoms with Gasteiger partial charge in [-0.1, -0.05) is 24.3 Å². The number of ether oxygens (including phenoxy) is 1. The number of benzene rings is 1. The Kier molecular flexibility index (Phi) is 4.37. The van der Waals surface area contributed by atoms with Crippen LogP contribution in [0.1, 0.15) is 52.1 Å². The van der Waals surface area contributed by atoms with E-state index in [0.29, 0.717) is 6.04 Å². The van der Waals surface area contributed by atoms with Crippen LogP contribution in [-0.2, 0) is 11.2 Å². The van der Waals surface area contributed by atoms with Gasteiger partial charge in [0.1, 0.15) is 5.60 Å². The summed E-state index contributed by atoms with van der Waals surface area (Å²) in [6, 6.07) is 13.1. The molecule has 3 heterocycles. The van der Waals surface area contributed by atoms with E-state index in [1.807, 2.05) is 37.8 Å². The van der Waals surface area contributed by atoms with Crippen molar-refractivity contribution in [1.82, 2.24) is 9.88 Å². The lowest BCUT2D eigenvalue weighted by Crippen LogP contribution is -2.59. The molecule has 5 rings (SSSR count). The lowest BCUT2D eigenvalue weighted by Gasteiger charge is -2.53. The first kappa shape index (κ1) is 17.3. The van der Waals surface area contributed by atoms with Crippen molar-refractivity contribution in [2.45, 2.75) is 70.6 Å². The molecule has 1 aliphatic carbocycles. The van der Waals surface area contributed by atoms with Crippen LogP contribution in [-0.4, -0.2) is 33.7 Å². The number of pyridine rings is 1. The predicted molar refractivity (Wildman–Crippen MR) is 103 cm³/mol. The van der Waals surface area contributed by atoms with Crippen LogP contribution in [0.5, 0.6) is 0 Å². The van der Waals surface area contributed by atoms with Crippen LogP contribution in [0.2, 0.25) is 0 Å². The molecule has 1 atom stereocenters. The highest BCUT2D eigenvalue weighted by molar-refractivity contribution is 5.78. The van der Waals surface area contributed by atoms with Crippen molar-refractivity contribution in [3.05, 3.63) is 42.1 Å². The highest BCUT2D eigenvalue weighted by Crippen LogP contribution is 2.44. The first-order chi connectivity index (χ1) is 12.4.